The summed E-state index contributed by atoms with van der Waals surface area (Å²) in [7, 11) is 0. The molecule has 102 valence electrons. The summed E-state index contributed by atoms with van der Waals surface area (Å²) in [6, 6.07) is 9.76. The zero-order valence-corrected chi connectivity index (χ0v) is 13.5. The van der Waals surface area contributed by atoms with E-state index in [2.05, 4.69) is 21.0 Å². The van der Waals surface area contributed by atoms with E-state index < -0.39 is 0 Å². The van der Waals surface area contributed by atoms with E-state index in [4.69, 9.17) is 17.3 Å². The molecule has 0 bridgehead atoms. The SMILES string of the molecule is Nc1cn(Cc2cccc(Cl)c2)nc1-c1cc(Br)cs1. The van der Waals surface area contributed by atoms with E-state index in [1.165, 1.54) is 0 Å². The molecule has 2 N–H and O–H groups in total. The Morgan fingerprint density at radius 1 is 1.35 bits per heavy atom. The van der Waals surface area contributed by atoms with Crippen LogP contribution in [0.15, 0.2) is 46.4 Å². The number of nitrogens with two attached hydrogens (primary N) is 1. The maximum absolute atomic E-state index is 6.05. The molecular weight excluding hydrogens is 358 g/mol. The van der Waals surface area contributed by atoms with Crippen molar-refractivity contribution in [3.63, 3.8) is 0 Å². The van der Waals surface area contributed by atoms with Gasteiger partial charge in [-0.3, -0.25) is 4.68 Å². The number of aromatic nitrogens is 2. The monoisotopic (exact) mass is 367 g/mol. The number of nitrogen functional groups attached to an aromatic ring is 1. The van der Waals surface area contributed by atoms with Gasteiger partial charge in [0.2, 0.25) is 0 Å². The van der Waals surface area contributed by atoms with Gasteiger partial charge in [-0.1, -0.05) is 23.7 Å². The predicted octanol–water partition coefficient (Wildman–Crippen LogP) is 4.66. The van der Waals surface area contributed by atoms with Crippen LogP contribution in [-0.4, -0.2) is 9.78 Å². The van der Waals surface area contributed by atoms with Gasteiger partial charge >= 0.3 is 0 Å². The highest BCUT2D eigenvalue weighted by atomic mass is 79.9. The fraction of sp³-hybridized carbons (Fsp3) is 0.0714. The molecule has 0 aliphatic rings. The van der Waals surface area contributed by atoms with E-state index in [1.807, 2.05) is 46.6 Å². The Labute approximate surface area is 134 Å². The summed E-state index contributed by atoms with van der Waals surface area (Å²) in [5.74, 6) is 0. The summed E-state index contributed by atoms with van der Waals surface area (Å²) >= 11 is 11.0. The molecule has 0 aliphatic heterocycles. The van der Waals surface area contributed by atoms with E-state index in [0.717, 1.165) is 25.6 Å². The van der Waals surface area contributed by atoms with Crippen molar-refractivity contribution in [2.75, 3.05) is 5.73 Å². The van der Waals surface area contributed by atoms with Crippen LogP contribution in [0.25, 0.3) is 10.6 Å². The molecule has 0 amide bonds. The molecule has 2 heterocycles. The maximum atomic E-state index is 6.05. The summed E-state index contributed by atoms with van der Waals surface area (Å²) in [5.41, 5.74) is 8.65. The quantitative estimate of drug-likeness (QED) is 0.731. The van der Waals surface area contributed by atoms with Crippen LogP contribution in [-0.2, 0) is 6.54 Å². The molecule has 1 aromatic carbocycles. The average molecular weight is 369 g/mol. The minimum atomic E-state index is 0.650. The van der Waals surface area contributed by atoms with Gasteiger partial charge in [-0.15, -0.1) is 11.3 Å². The molecule has 3 rings (SSSR count). The number of hydrogen-bond acceptors (Lipinski definition) is 3. The molecule has 0 saturated carbocycles. The van der Waals surface area contributed by atoms with Crippen LogP contribution in [0, 0.1) is 0 Å². The summed E-state index contributed by atoms with van der Waals surface area (Å²) in [6.45, 7) is 0.650. The second kappa shape index (κ2) is 5.60. The third kappa shape index (κ3) is 2.90. The summed E-state index contributed by atoms with van der Waals surface area (Å²) in [6.07, 6.45) is 1.85. The van der Waals surface area contributed by atoms with E-state index in [-0.39, 0.29) is 0 Å². The van der Waals surface area contributed by atoms with E-state index in [0.29, 0.717) is 12.2 Å². The van der Waals surface area contributed by atoms with Crippen molar-refractivity contribution in [2.24, 2.45) is 0 Å². The molecule has 20 heavy (non-hydrogen) atoms. The van der Waals surface area contributed by atoms with E-state index in [9.17, 15) is 0 Å². The van der Waals surface area contributed by atoms with Crippen molar-refractivity contribution in [1.82, 2.24) is 9.78 Å². The number of thiophene rings is 1. The summed E-state index contributed by atoms with van der Waals surface area (Å²) < 4.78 is 2.88. The average Bonchev–Trinajstić information content (AvgIpc) is 2.96. The molecule has 3 aromatic rings. The minimum Gasteiger partial charge on any atom is -0.396 e. The smallest absolute Gasteiger partial charge is 0.125 e. The van der Waals surface area contributed by atoms with Crippen molar-refractivity contribution < 1.29 is 0 Å². The zero-order valence-electron chi connectivity index (χ0n) is 10.4. The number of nitrogens with zero attached hydrogens (tertiary/aromatic N) is 2. The second-order valence-electron chi connectivity index (χ2n) is 4.39. The van der Waals surface area contributed by atoms with Crippen molar-refractivity contribution in [2.45, 2.75) is 6.54 Å². The van der Waals surface area contributed by atoms with Crippen LogP contribution in [0.3, 0.4) is 0 Å². The first-order valence-electron chi connectivity index (χ1n) is 5.93. The van der Waals surface area contributed by atoms with Crippen molar-refractivity contribution in [3.8, 4) is 10.6 Å². The van der Waals surface area contributed by atoms with Crippen molar-refractivity contribution in [1.29, 1.82) is 0 Å². The lowest BCUT2D eigenvalue weighted by Crippen LogP contribution is -2.00. The number of halogens is 2. The molecule has 0 unspecified atom stereocenters. The van der Waals surface area contributed by atoms with Gasteiger partial charge < -0.3 is 5.73 Å². The Hall–Kier alpha value is -1.30. The Balaban J connectivity index is 1.89. The molecule has 0 aliphatic carbocycles. The summed E-state index contributed by atoms with van der Waals surface area (Å²) in [5, 5.41) is 7.30. The van der Waals surface area contributed by atoms with E-state index in [1.54, 1.807) is 11.3 Å². The first-order chi connectivity index (χ1) is 9.61. The Kier molecular flexibility index (Phi) is 3.83. The van der Waals surface area contributed by atoms with Gasteiger partial charge in [0, 0.05) is 21.1 Å². The van der Waals surface area contributed by atoms with E-state index >= 15 is 0 Å². The highest BCUT2D eigenvalue weighted by molar-refractivity contribution is 9.10. The first-order valence-corrected chi connectivity index (χ1v) is 7.98. The molecule has 3 nitrogen and oxygen atoms in total. The highest BCUT2D eigenvalue weighted by Crippen LogP contribution is 2.32. The lowest BCUT2D eigenvalue weighted by atomic mass is 10.2. The van der Waals surface area contributed by atoms with Gasteiger partial charge in [0.15, 0.2) is 0 Å². The van der Waals surface area contributed by atoms with Crippen LogP contribution < -0.4 is 5.73 Å². The third-order valence-electron chi connectivity index (χ3n) is 2.82. The Bertz CT molecular complexity index is 750. The Morgan fingerprint density at radius 2 is 2.20 bits per heavy atom. The van der Waals surface area contributed by atoms with Crippen molar-refractivity contribution in [3.05, 3.63) is 57.0 Å². The van der Waals surface area contributed by atoms with Crippen LogP contribution in [0.2, 0.25) is 5.02 Å². The van der Waals surface area contributed by atoms with Crippen LogP contribution >= 0.6 is 38.9 Å². The van der Waals surface area contributed by atoms with Crippen LogP contribution in [0.5, 0.6) is 0 Å². The Morgan fingerprint density at radius 3 is 2.90 bits per heavy atom. The molecular formula is C14H11BrClN3S. The standard InChI is InChI=1S/C14H11BrClN3S/c15-10-5-13(20-8-10)14-12(17)7-19(18-14)6-9-2-1-3-11(16)4-9/h1-5,7-8H,6,17H2. The first kappa shape index (κ1) is 13.7. The van der Waals surface area contributed by atoms with Gasteiger partial charge in [-0.2, -0.15) is 5.10 Å². The molecule has 0 spiro atoms. The maximum Gasteiger partial charge on any atom is 0.125 e. The van der Waals surface area contributed by atoms with Gasteiger partial charge in [0.25, 0.3) is 0 Å². The van der Waals surface area contributed by atoms with Crippen LogP contribution in [0.1, 0.15) is 5.56 Å². The lowest BCUT2D eigenvalue weighted by molar-refractivity contribution is 0.690. The molecule has 0 saturated heterocycles. The third-order valence-corrected chi connectivity index (χ3v) is 4.76. The number of anilines is 1. The minimum absolute atomic E-state index is 0.650. The molecule has 0 radical (unpaired) electrons. The molecule has 6 heteroatoms. The fourth-order valence-electron chi connectivity index (χ4n) is 1.97. The number of rotatable bonds is 3. The second-order valence-corrected chi connectivity index (χ2v) is 6.65. The van der Waals surface area contributed by atoms with Gasteiger partial charge in [0.05, 0.1) is 17.1 Å². The summed E-state index contributed by atoms with van der Waals surface area (Å²) in [4.78, 5) is 1.05. The van der Waals surface area contributed by atoms with Crippen LogP contribution in [0.4, 0.5) is 5.69 Å². The topological polar surface area (TPSA) is 43.8 Å². The lowest BCUT2D eigenvalue weighted by Gasteiger charge is -2.01. The molecule has 2 aromatic heterocycles. The number of benzene rings is 1. The largest absolute Gasteiger partial charge is 0.396 e. The van der Waals surface area contributed by atoms with Gasteiger partial charge in [-0.25, -0.2) is 0 Å². The molecule has 0 fully saturated rings. The molecule has 0 atom stereocenters. The zero-order chi connectivity index (χ0) is 14.1. The predicted molar refractivity (Wildman–Crippen MR) is 88.2 cm³/mol. The van der Waals surface area contributed by atoms with Gasteiger partial charge in [-0.05, 0) is 39.7 Å². The highest BCUT2D eigenvalue weighted by Gasteiger charge is 2.11. The van der Waals surface area contributed by atoms with Gasteiger partial charge in [0.1, 0.15) is 5.69 Å². The normalized spacial score (nSPS) is 10.9. The number of hydrogen-bond donors (Lipinski definition) is 1. The fourth-order valence-corrected chi connectivity index (χ4v) is 3.62. The van der Waals surface area contributed by atoms with Crippen molar-refractivity contribution >= 4 is 44.6 Å².